The van der Waals surface area contributed by atoms with E-state index in [9.17, 15) is 0 Å². The van der Waals surface area contributed by atoms with Gasteiger partial charge in [0.1, 0.15) is 0 Å². The molecule has 19 heavy (non-hydrogen) atoms. The lowest BCUT2D eigenvalue weighted by Crippen LogP contribution is -2.39. The Hall–Kier alpha value is -0.970. The molecule has 0 fully saturated rings. The highest BCUT2D eigenvalue weighted by Crippen LogP contribution is 2.23. The number of pyridine rings is 1. The molecule has 2 unspecified atom stereocenters. The molecule has 0 aromatic carbocycles. The summed E-state index contributed by atoms with van der Waals surface area (Å²) in [4.78, 5) is 8.79. The van der Waals surface area contributed by atoms with E-state index in [0.29, 0.717) is 0 Å². The van der Waals surface area contributed by atoms with Crippen LogP contribution in [-0.2, 0) is 0 Å². The highest BCUT2D eigenvalue weighted by atomic mass is 15.2. The van der Waals surface area contributed by atoms with Crippen molar-refractivity contribution < 1.29 is 0 Å². The molecule has 0 radical (unpaired) electrons. The molecule has 2 atom stereocenters. The monoisotopic (exact) mass is 264 g/mol. The third-order valence-electron chi connectivity index (χ3n) is 3.49. The lowest BCUT2D eigenvalue weighted by atomic mass is 9.98. The molecule has 0 aliphatic rings. The highest BCUT2D eigenvalue weighted by molar-refractivity contribution is 5.16. The maximum Gasteiger partial charge on any atom is 0.0511 e. The van der Waals surface area contributed by atoms with E-state index >= 15 is 0 Å². The molecule has 1 heterocycles. The van der Waals surface area contributed by atoms with E-state index < -0.39 is 0 Å². The van der Waals surface area contributed by atoms with E-state index in [-0.39, 0.29) is 12.1 Å². The fourth-order valence-electron chi connectivity index (χ4n) is 2.38. The van der Waals surface area contributed by atoms with Crippen molar-refractivity contribution in [3.63, 3.8) is 0 Å². The molecule has 0 saturated carbocycles. The molecule has 0 saturated heterocycles. The Morgan fingerprint density at radius 3 is 2.53 bits per heavy atom. The number of rotatable bonds is 8. The highest BCUT2D eigenvalue weighted by Gasteiger charge is 2.22. The van der Waals surface area contributed by atoms with E-state index in [1.807, 2.05) is 18.5 Å². The van der Waals surface area contributed by atoms with Gasteiger partial charge < -0.3 is 10.6 Å². The first-order chi connectivity index (χ1) is 9.06. The van der Waals surface area contributed by atoms with E-state index in [4.69, 9.17) is 5.73 Å². The maximum atomic E-state index is 6.30. The van der Waals surface area contributed by atoms with Crippen LogP contribution in [0.3, 0.4) is 0 Å². The average Bonchev–Trinajstić information content (AvgIpc) is 2.39. The van der Waals surface area contributed by atoms with Gasteiger partial charge >= 0.3 is 0 Å². The smallest absolute Gasteiger partial charge is 0.0511 e. The van der Waals surface area contributed by atoms with Gasteiger partial charge in [0, 0.05) is 18.4 Å². The van der Waals surface area contributed by atoms with Crippen molar-refractivity contribution in [3.8, 4) is 0 Å². The molecule has 1 aromatic rings. The van der Waals surface area contributed by atoms with Crippen LogP contribution in [0, 0.1) is 0 Å². The maximum absolute atomic E-state index is 6.30. The second-order valence-corrected chi connectivity index (χ2v) is 5.44. The average molecular weight is 264 g/mol. The number of likely N-dealkylation sites (N-methyl/N-ethyl adjacent to an activating group) is 1. The van der Waals surface area contributed by atoms with E-state index in [1.54, 1.807) is 0 Å². The van der Waals surface area contributed by atoms with Crippen LogP contribution in [0.4, 0.5) is 0 Å². The zero-order valence-corrected chi connectivity index (χ0v) is 12.7. The van der Waals surface area contributed by atoms with E-state index in [2.05, 4.69) is 48.9 Å². The van der Waals surface area contributed by atoms with Crippen LogP contribution in [0.2, 0.25) is 0 Å². The van der Waals surface area contributed by atoms with E-state index in [1.165, 1.54) is 5.56 Å². The second kappa shape index (κ2) is 8.25. The quantitative estimate of drug-likeness (QED) is 0.777. The Morgan fingerprint density at radius 2 is 2.00 bits per heavy atom. The summed E-state index contributed by atoms with van der Waals surface area (Å²) in [5.74, 6) is 0. The van der Waals surface area contributed by atoms with Gasteiger partial charge in [0.2, 0.25) is 0 Å². The number of aromatic nitrogens is 1. The first kappa shape index (κ1) is 16.1. The molecular formula is C15H28N4. The minimum Gasteiger partial charge on any atom is -0.326 e. The van der Waals surface area contributed by atoms with Crippen molar-refractivity contribution in [1.29, 1.82) is 0 Å². The molecule has 4 nitrogen and oxygen atoms in total. The largest absolute Gasteiger partial charge is 0.326 e. The van der Waals surface area contributed by atoms with Crippen LogP contribution in [0.1, 0.15) is 31.4 Å². The fraction of sp³-hybridized carbons (Fsp3) is 0.667. The van der Waals surface area contributed by atoms with Gasteiger partial charge in [-0.3, -0.25) is 9.88 Å². The van der Waals surface area contributed by atoms with Gasteiger partial charge in [-0.15, -0.1) is 0 Å². The lowest BCUT2D eigenvalue weighted by molar-refractivity contribution is 0.199. The third kappa shape index (κ3) is 5.27. The fourth-order valence-corrected chi connectivity index (χ4v) is 2.38. The molecule has 1 aromatic heterocycles. The molecule has 0 amide bonds. The standard InChI is InChI=1S/C15H28N4/c1-5-14(16)15(13-8-6-9-17-12-13)19(4)11-7-10-18(2)3/h6,8-9,12,14-15H,5,7,10-11,16H2,1-4H3. The zero-order chi connectivity index (χ0) is 14.3. The summed E-state index contributed by atoms with van der Waals surface area (Å²) < 4.78 is 0. The summed E-state index contributed by atoms with van der Waals surface area (Å²) in [6.45, 7) is 4.29. The molecule has 0 spiro atoms. The Bertz CT molecular complexity index is 339. The Labute approximate surface area is 117 Å². The van der Waals surface area contributed by atoms with Crippen LogP contribution in [0.15, 0.2) is 24.5 Å². The van der Waals surface area contributed by atoms with Crippen molar-refractivity contribution in [2.45, 2.75) is 31.8 Å². The number of hydrogen-bond acceptors (Lipinski definition) is 4. The van der Waals surface area contributed by atoms with E-state index in [0.717, 1.165) is 25.9 Å². The molecule has 4 heteroatoms. The SMILES string of the molecule is CCC(N)C(c1cccnc1)N(C)CCCN(C)C. The van der Waals surface area contributed by atoms with Crippen molar-refractivity contribution in [2.24, 2.45) is 5.73 Å². The van der Waals surface area contributed by atoms with Crippen LogP contribution < -0.4 is 5.73 Å². The van der Waals surface area contributed by atoms with Gasteiger partial charge in [0.15, 0.2) is 0 Å². The van der Waals surface area contributed by atoms with Gasteiger partial charge in [-0.2, -0.15) is 0 Å². The molecule has 2 N–H and O–H groups in total. The van der Waals surface area contributed by atoms with Gasteiger partial charge in [-0.25, -0.2) is 0 Å². The Balaban J connectivity index is 2.69. The van der Waals surface area contributed by atoms with Gasteiger partial charge in [-0.05, 0) is 58.7 Å². The summed E-state index contributed by atoms with van der Waals surface area (Å²) in [5.41, 5.74) is 7.51. The molecule has 0 aliphatic heterocycles. The molecular weight excluding hydrogens is 236 g/mol. The normalized spacial score (nSPS) is 14.9. The second-order valence-electron chi connectivity index (χ2n) is 5.44. The molecule has 108 valence electrons. The van der Waals surface area contributed by atoms with Crippen molar-refractivity contribution in [2.75, 3.05) is 34.2 Å². The Morgan fingerprint density at radius 1 is 1.26 bits per heavy atom. The van der Waals surface area contributed by atoms with Crippen LogP contribution >= 0.6 is 0 Å². The minimum absolute atomic E-state index is 0.147. The van der Waals surface area contributed by atoms with Crippen molar-refractivity contribution >= 4 is 0 Å². The summed E-state index contributed by atoms with van der Waals surface area (Å²) in [6.07, 6.45) is 5.86. The number of nitrogens with two attached hydrogens (primary N) is 1. The van der Waals surface area contributed by atoms with Crippen LogP contribution in [0.25, 0.3) is 0 Å². The summed E-state index contributed by atoms with van der Waals surface area (Å²) in [5, 5.41) is 0. The van der Waals surface area contributed by atoms with Crippen molar-refractivity contribution in [3.05, 3.63) is 30.1 Å². The van der Waals surface area contributed by atoms with Crippen molar-refractivity contribution in [1.82, 2.24) is 14.8 Å². The van der Waals surface area contributed by atoms with Crippen LogP contribution in [-0.4, -0.2) is 55.1 Å². The molecule has 0 bridgehead atoms. The predicted octanol–water partition coefficient (Wildman–Crippen LogP) is 1.74. The number of hydrogen-bond donors (Lipinski definition) is 1. The summed E-state index contributed by atoms with van der Waals surface area (Å²) in [6, 6.07) is 4.50. The first-order valence-electron chi connectivity index (χ1n) is 7.06. The van der Waals surface area contributed by atoms with Gasteiger partial charge in [-0.1, -0.05) is 13.0 Å². The molecule has 0 aliphatic carbocycles. The topological polar surface area (TPSA) is 45.4 Å². The first-order valence-corrected chi connectivity index (χ1v) is 7.06. The Kier molecular flexibility index (Phi) is 6.99. The molecule has 1 rings (SSSR count). The summed E-state index contributed by atoms with van der Waals surface area (Å²) in [7, 11) is 6.37. The number of nitrogens with zero attached hydrogens (tertiary/aromatic N) is 3. The zero-order valence-electron chi connectivity index (χ0n) is 12.7. The van der Waals surface area contributed by atoms with Gasteiger partial charge in [0.25, 0.3) is 0 Å². The van der Waals surface area contributed by atoms with Gasteiger partial charge in [0.05, 0.1) is 6.04 Å². The lowest BCUT2D eigenvalue weighted by Gasteiger charge is -2.32. The van der Waals surface area contributed by atoms with Crippen LogP contribution in [0.5, 0.6) is 0 Å². The third-order valence-corrected chi connectivity index (χ3v) is 3.49. The summed E-state index contributed by atoms with van der Waals surface area (Å²) >= 11 is 0. The predicted molar refractivity (Wildman–Crippen MR) is 81.0 cm³/mol. The minimum atomic E-state index is 0.147.